The van der Waals surface area contributed by atoms with E-state index in [1.165, 1.54) is 16.7 Å². The SMILES string of the molecule is Nc1c(C(=O)NCCc2ccccc2)sc(=S)n1-c1cccc(C(F)(F)F)c1. The lowest BCUT2D eigenvalue weighted by Gasteiger charge is -2.11. The quantitative estimate of drug-likeness (QED) is 0.577. The third-order valence-electron chi connectivity index (χ3n) is 4.03. The van der Waals surface area contributed by atoms with E-state index in [0.717, 1.165) is 29.0 Å². The summed E-state index contributed by atoms with van der Waals surface area (Å²) >= 11 is 6.19. The van der Waals surface area contributed by atoms with Gasteiger partial charge < -0.3 is 11.1 Å². The Morgan fingerprint density at radius 2 is 1.86 bits per heavy atom. The lowest BCUT2D eigenvalue weighted by Crippen LogP contribution is -2.25. The standard InChI is InChI=1S/C19H16F3N3OS2/c20-19(21,22)13-7-4-8-14(11-13)25-16(23)15(28-18(25)27)17(26)24-10-9-12-5-2-1-3-6-12/h1-8,11H,9-10,23H2,(H,24,26). The molecule has 0 atom stereocenters. The van der Waals surface area contributed by atoms with E-state index in [-0.39, 0.29) is 20.3 Å². The predicted molar refractivity (Wildman–Crippen MR) is 106 cm³/mol. The topological polar surface area (TPSA) is 60.1 Å². The van der Waals surface area contributed by atoms with Gasteiger partial charge in [-0.05, 0) is 42.4 Å². The molecular weight excluding hydrogens is 407 g/mol. The minimum absolute atomic E-state index is 0.0199. The number of rotatable bonds is 5. The molecule has 3 N–H and O–H groups in total. The van der Waals surface area contributed by atoms with E-state index in [2.05, 4.69) is 5.32 Å². The van der Waals surface area contributed by atoms with Crippen molar-refractivity contribution in [1.82, 2.24) is 9.88 Å². The van der Waals surface area contributed by atoms with Crippen LogP contribution < -0.4 is 11.1 Å². The van der Waals surface area contributed by atoms with Gasteiger partial charge in [0.2, 0.25) is 0 Å². The number of alkyl halides is 3. The Morgan fingerprint density at radius 1 is 1.14 bits per heavy atom. The molecule has 3 aromatic rings. The number of nitrogens with zero attached hydrogens (tertiary/aromatic N) is 1. The molecule has 0 saturated carbocycles. The molecule has 9 heteroatoms. The minimum Gasteiger partial charge on any atom is -0.383 e. The monoisotopic (exact) mass is 423 g/mol. The van der Waals surface area contributed by atoms with E-state index in [1.54, 1.807) is 0 Å². The van der Waals surface area contributed by atoms with Gasteiger partial charge in [-0.1, -0.05) is 47.7 Å². The second-order valence-corrected chi connectivity index (χ2v) is 7.60. The molecule has 3 rings (SSSR count). The average Bonchev–Trinajstić information content (AvgIpc) is 2.96. The molecule has 4 nitrogen and oxygen atoms in total. The number of nitrogens with two attached hydrogens (primary N) is 1. The van der Waals surface area contributed by atoms with Crippen LogP contribution in [0.5, 0.6) is 0 Å². The molecule has 0 fully saturated rings. The van der Waals surface area contributed by atoms with Gasteiger partial charge in [0.15, 0.2) is 3.95 Å². The first-order valence-corrected chi connectivity index (χ1v) is 9.51. The van der Waals surface area contributed by atoms with Crippen molar-refractivity contribution < 1.29 is 18.0 Å². The molecule has 0 saturated heterocycles. The zero-order chi connectivity index (χ0) is 20.3. The number of hydrogen-bond acceptors (Lipinski definition) is 4. The summed E-state index contributed by atoms with van der Waals surface area (Å²) in [5, 5.41) is 2.77. The Bertz CT molecular complexity index is 1040. The number of thiazole rings is 1. The van der Waals surface area contributed by atoms with Crippen molar-refractivity contribution in [2.24, 2.45) is 0 Å². The van der Waals surface area contributed by atoms with Crippen molar-refractivity contribution in [3.05, 3.63) is 74.6 Å². The molecule has 2 aromatic carbocycles. The molecule has 1 amide bonds. The summed E-state index contributed by atoms with van der Waals surface area (Å²) < 4.78 is 40.4. The van der Waals surface area contributed by atoms with Gasteiger partial charge >= 0.3 is 6.18 Å². The summed E-state index contributed by atoms with van der Waals surface area (Å²) in [5.41, 5.74) is 6.47. The molecule has 0 radical (unpaired) electrons. The van der Waals surface area contributed by atoms with Gasteiger partial charge in [0.1, 0.15) is 10.7 Å². The highest BCUT2D eigenvalue weighted by molar-refractivity contribution is 7.73. The highest BCUT2D eigenvalue weighted by Gasteiger charge is 2.31. The molecule has 146 valence electrons. The number of benzene rings is 2. The molecule has 1 aromatic heterocycles. The van der Waals surface area contributed by atoms with Crippen LogP contribution in [0.1, 0.15) is 20.8 Å². The Morgan fingerprint density at radius 3 is 2.54 bits per heavy atom. The molecule has 0 spiro atoms. The summed E-state index contributed by atoms with van der Waals surface area (Å²) in [7, 11) is 0. The number of halogens is 3. The largest absolute Gasteiger partial charge is 0.416 e. The van der Waals surface area contributed by atoms with E-state index >= 15 is 0 Å². The van der Waals surface area contributed by atoms with E-state index in [9.17, 15) is 18.0 Å². The lowest BCUT2D eigenvalue weighted by atomic mass is 10.1. The fourth-order valence-electron chi connectivity index (χ4n) is 2.66. The second-order valence-electron chi connectivity index (χ2n) is 5.96. The van der Waals surface area contributed by atoms with Crippen LogP contribution in [0.4, 0.5) is 19.0 Å². The molecule has 28 heavy (non-hydrogen) atoms. The Kier molecular flexibility index (Phi) is 5.85. The van der Waals surface area contributed by atoms with Crippen molar-refractivity contribution in [2.75, 3.05) is 12.3 Å². The zero-order valence-electron chi connectivity index (χ0n) is 14.5. The van der Waals surface area contributed by atoms with E-state index in [4.69, 9.17) is 18.0 Å². The highest BCUT2D eigenvalue weighted by Crippen LogP contribution is 2.32. The Balaban J connectivity index is 1.80. The number of amides is 1. The second kappa shape index (κ2) is 8.15. The summed E-state index contributed by atoms with van der Waals surface area (Å²) in [6.45, 7) is 0.399. The van der Waals surface area contributed by atoms with Crippen molar-refractivity contribution in [1.29, 1.82) is 0 Å². The van der Waals surface area contributed by atoms with Gasteiger partial charge in [0.05, 0.1) is 5.56 Å². The van der Waals surface area contributed by atoms with Crippen LogP contribution in [0.2, 0.25) is 0 Å². The van der Waals surface area contributed by atoms with E-state index in [0.29, 0.717) is 13.0 Å². The van der Waals surface area contributed by atoms with Gasteiger partial charge in [0, 0.05) is 12.2 Å². The minimum atomic E-state index is -4.49. The molecule has 0 unspecified atom stereocenters. The lowest BCUT2D eigenvalue weighted by molar-refractivity contribution is -0.137. The number of aromatic nitrogens is 1. The molecule has 0 aliphatic carbocycles. The summed E-state index contributed by atoms with van der Waals surface area (Å²) in [5.74, 6) is -0.387. The smallest absolute Gasteiger partial charge is 0.383 e. The summed E-state index contributed by atoms with van der Waals surface area (Å²) in [6, 6.07) is 14.3. The normalized spacial score (nSPS) is 11.4. The zero-order valence-corrected chi connectivity index (χ0v) is 16.1. The van der Waals surface area contributed by atoms with Crippen molar-refractivity contribution in [3.8, 4) is 5.69 Å². The van der Waals surface area contributed by atoms with Gasteiger partial charge in [-0.25, -0.2) is 0 Å². The fraction of sp³-hybridized carbons (Fsp3) is 0.158. The molecule has 0 bridgehead atoms. The van der Waals surface area contributed by atoms with Crippen LogP contribution >= 0.6 is 23.6 Å². The Labute approximate surface area is 168 Å². The maximum absolute atomic E-state index is 13.0. The van der Waals surface area contributed by atoms with Crippen LogP contribution in [0.3, 0.4) is 0 Å². The molecular formula is C19H16F3N3OS2. The first-order valence-electron chi connectivity index (χ1n) is 8.28. The first-order chi connectivity index (χ1) is 13.3. The summed E-state index contributed by atoms with van der Waals surface area (Å²) in [4.78, 5) is 12.6. The van der Waals surface area contributed by atoms with Crippen molar-refractivity contribution in [3.63, 3.8) is 0 Å². The number of carbonyl (C=O) groups is 1. The fourth-order valence-corrected chi connectivity index (χ4v) is 3.94. The van der Waals surface area contributed by atoms with E-state index < -0.39 is 17.6 Å². The van der Waals surface area contributed by atoms with Crippen molar-refractivity contribution in [2.45, 2.75) is 12.6 Å². The third-order valence-corrected chi connectivity index (χ3v) is 5.41. The van der Waals surface area contributed by atoms with Crippen LogP contribution in [-0.4, -0.2) is 17.0 Å². The molecule has 0 aliphatic heterocycles. The highest BCUT2D eigenvalue weighted by atomic mass is 32.1. The number of nitrogens with one attached hydrogen (secondary N) is 1. The van der Waals surface area contributed by atoms with Gasteiger partial charge in [-0.3, -0.25) is 9.36 Å². The summed E-state index contributed by atoms with van der Waals surface area (Å²) in [6.07, 6.45) is -3.84. The number of anilines is 1. The number of hydrogen-bond donors (Lipinski definition) is 2. The van der Waals surface area contributed by atoms with Gasteiger partial charge in [-0.15, -0.1) is 0 Å². The molecule has 1 heterocycles. The third kappa shape index (κ3) is 4.42. The van der Waals surface area contributed by atoms with Gasteiger partial charge in [0.25, 0.3) is 5.91 Å². The van der Waals surface area contributed by atoms with Crippen LogP contribution in [0.15, 0.2) is 54.6 Å². The van der Waals surface area contributed by atoms with Crippen molar-refractivity contribution >= 4 is 35.3 Å². The maximum atomic E-state index is 13.0. The molecule has 0 aliphatic rings. The van der Waals surface area contributed by atoms with Crippen LogP contribution in [0.25, 0.3) is 5.69 Å². The Hall–Kier alpha value is -2.65. The predicted octanol–water partition coefficient (Wildman–Crippen LogP) is 4.84. The average molecular weight is 423 g/mol. The first kappa shape index (κ1) is 20.1. The number of nitrogen functional groups attached to an aromatic ring is 1. The van der Waals surface area contributed by atoms with Gasteiger partial charge in [-0.2, -0.15) is 13.2 Å². The number of carbonyl (C=O) groups excluding carboxylic acids is 1. The van der Waals surface area contributed by atoms with Crippen LogP contribution in [-0.2, 0) is 12.6 Å². The maximum Gasteiger partial charge on any atom is 0.416 e. The van der Waals surface area contributed by atoms with E-state index in [1.807, 2.05) is 30.3 Å². The van der Waals surface area contributed by atoms with Crippen LogP contribution in [0, 0.1) is 3.95 Å².